The molecule has 0 saturated carbocycles. The van der Waals surface area contributed by atoms with Crippen LogP contribution in [0.3, 0.4) is 0 Å². The second-order valence-corrected chi connectivity index (χ2v) is 7.00. The van der Waals surface area contributed by atoms with Gasteiger partial charge in [-0.1, -0.05) is 18.2 Å². The normalized spacial score (nSPS) is 14.0. The number of fused-ring (bicyclic) bond motifs is 1. The van der Waals surface area contributed by atoms with Crippen molar-refractivity contribution in [2.75, 3.05) is 14.2 Å². The van der Waals surface area contributed by atoms with Gasteiger partial charge in [0, 0.05) is 12.6 Å². The summed E-state index contributed by atoms with van der Waals surface area (Å²) in [7, 11) is 3.22. The third kappa shape index (κ3) is 4.94. The number of aryl methyl sites for hydroxylation is 2. The highest BCUT2D eigenvalue weighted by Gasteiger charge is 2.14. The zero-order valence-corrected chi connectivity index (χ0v) is 16.3. The minimum absolute atomic E-state index is 0.0444. The van der Waals surface area contributed by atoms with E-state index in [0.29, 0.717) is 18.0 Å². The average molecular weight is 368 g/mol. The molecule has 0 bridgehead atoms. The summed E-state index contributed by atoms with van der Waals surface area (Å²) in [6, 6.07) is 11.9. The van der Waals surface area contributed by atoms with Crippen LogP contribution in [-0.4, -0.2) is 20.3 Å². The number of hydrogen-bond donors (Lipinski definition) is 2. The Kier molecular flexibility index (Phi) is 6.22. The van der Waals surface area contributed by atoms with Crippen molar-refractivity contribution in [3.63, 3.8) is 0 Å². The van der Waals surface area contributed by atoms with Crippen molar-refractivity contribution in [1.29, 1.82) is 0 Å². The lowest BCUT2D eigenvalue weighted by molar-refractivity contribution is 0.237. The van der Waals surface area contributed by atoms with E-state index in [2.05, 4.69) is 28.8 Å². The van der Waals surface area contributed by atoms with E-state index in [1.54, 1.807) is 14.2 Å². The third-order valence-corrected chi connectivity index (χ3v) is 5.08. The molecule has 5 heteroatoms. The number of rotatable bonds is 6. The van der Waals surface area contributed by atoms with Crippen LogP contribution in [0.2, 0.25) is 0 Å². The number of carbonyl (C=O) groups excluding carboxylic acids is 1. The van der Waals surface area contributed by atoms with Gasteiger partial charge >= 0.3 is 6.03 Å². The number of ether oxygens (including phenoxy) is 2. The summed E-state index contributed by atoms with van der Waals surface area (Å²) in [4.78, 5) is 12.3. The first kappa shape index (κ1) is 19.1. The Morgan fingerprint density at radius 3 is 2.33 bits per heavy atom. The van der Waals surface area contributed by atoms with Gasteiger partial charge in [0.1, 0.15) is 11.5 Å². The lowest BCUT2D eigenvalue weighted by Gasteiger charge is -2.20. The van der Waals surface area contributed by atoms with Crippen LogP contribution in [0.15, 0.2) is 36.4 Å². The van der Waals surface area contributed by atoms with Crippen LogP contribution < -0.4 is 20.1 Å². The topological polar surface area (TPSA) is 59.6 Å². The molecule has 27 heavy (non-hydrogen) atoms. The van der Waals surface area contributed by atoms with E-state index in [4.69, 9.17) is 9.47 Å². The Labute approximate surface area is 161 Å². The molecule has 5 nitrogen and oxygen atoms in total. The van der Waals surface area contributed by atoms with Crippen molar-refractivity contribution in [3.8, 4) is 11.5 Å². The molecule has 0 heterocycles. The smallest absolute Gasteiger partial charge is 0.315 e. The molecule has 2 aromatic carbocycles. The van der Waals surface area contributed by atoms with E-state index in [1.807, 2.05) is 25.1 Å². The van der Waals surface area contributed by atoms with Crippen LogP contribution in [-0.2, 0) is 19.4 Å². The molecule has 144 valence electrons. The molecule has 0 aliphatic heterocycles. The lowest BCUT2D eigenvalue weighted by Crippen LogP contribution is -2.36. The van der Waals surface area contributed by atoms with E-state index in [1.165, 1.54) is 30.4 Å². The van der Waals surface area contributed by atoms with Crippen LogP contribution in [0, 0.1) is 0 Å². The maximum atomic E-state index is 12.3. The van der Waals surface area contributed by atoms with E-state index >= 15 is 0 Å². The standard InChI is InChI=1S/C22H28N2O3/c1-15(18-9-8-17-6-4-5-7-19(17)12-18)24-22(25)23-14-16-10-20(26-2)13-21(11-16)27-3/h8-13,15H,4-7,14H2,1-3H3,(H2,23,24,25). The van der Waals surface area contributed by atoms with Crippen LogP contribution in [0.4, 0.5) is 4.79 Å². The SMILES string of the molecule is COc1cc(CNC(=O)NC(C)c2ccc3c(c2)CCCC3)cc(OC)c1. The van der Waals surface area contributed by atoms with Crippen molar-refractivity contribution < 1.29 is 14.3 Å². The fraction of sp³-hybridized carbons (Fsp3) is 0.409. The largest absolute Gasteiger partial charge is 0.497 e. The molecule has 0 radical (unpaired) electrons. The second-order valence-electron chi connectivity index (χ2n) is 7.00. The molecule has 1 aliphatic carbocycles. The Morgan fingerprint density at radius 1 is 1.00 bits per heavy atom. The first-order valence-electron chi connectivity index (χ1n) is 9.47. The van der Waals surface area contributed by atoms with Crippen LogP contribution in [0.1, 0.15) is 48.1 Å². The minimum Gasteiger partial charge on any atom is -0.497 e. The number of benzene rings is 2. The molecule has 2 amide bonds. The first-order chi connectivity index (χ1) is 13.1. The van der Waals surface area contributed by atoms with Crippen molar-refractivity contribution in [2.24, 2.45) is 0 Å². The lowest BCUT2D eigenvalue weighted by atomic mass is 9.89. The fourth-order valence-electron chi connectivity index (χ4n) is 3.50. The number of carbonyl (C=O) groups is 1. The molecule has 2 aromatic rings. The average Bonchev–Trinajstić information content (AvgIpc) is 2.71. The highest BCUT2D eigenvalue weighted by atomic mass is 16.5. The molecule has 3 rings (SSSR count). The Hall–Kier alpha value is -2.69. The van der Waals surface area contributed by atoms with Crippen LogP contribution in [0.5, 0.6) is 11.5 Å². The van der Waals surface area contributed by atoms with Gasteiger partial charge in [-0.2, -0.15) is 0 Å². The fourth-order valence-corrected chi connectivity index (χ4v) is 3.50. The summed E-state index contributed by atoms with van der Waals surface area (Å²) in [6.07, 6.45) is 4.84. The Bertz CT molecular complexity index is 782. The quantitative estimate of drug-likeness (QED) is 0.805. The second kappa shape index (κ2) is 8.80. The molecule has 1 unspecified atom stereocenters. The zero-order valence-electron chi connectivity index (χ0n) is 16.3. The summed E-state index contributed by atoms with van der Waals surface area (Å²) in [5.41, 5.74) is 4.95. The predicted octanol–water partition coefficient (Wildman–Crippen LogP) is 4.14. The molecule has 0 spiro atoms. The molecular formula is C22H28N2O3. The maximum Gasteiger partial charge on any atom is 0.315 e. The molecular weight excluding hydrogens is 340 g/mol. The molecule has 0 saturated heterocycles. The molecule has 1 atom stereocenters. The highest BCUT2D eigenvalue weighted by Crippen LogP contribution is 2.25. The monoisotopic (exact) mass is 368 g/mol. The van der Waals surface area contributed by atoms with E-state index in [-0.39, 0.29) is 12.1 Å². The number of methoxy groups -OCH3 is 2. The van der Waals surface area contributed by atoms with Gasteiger partial charge in [-0.25, -0.2) is 4.79 Å². The molecule has 2 N–H and O–H groups in total. The van der Waals surface area contributed by atoms with E-state index < -0.39 is 0 Å². The number of nitrogens with one attached hydrogen (secondary N) is 2. The summed E-state index contributed by atoms with van der Waals surface area (Å²) < 4.78 is 10.5. The maximum absolute atomic E-state index is 12.3. The van der Waals surface area contributed by atoms with Crippen molar-refractivity contribution in [1.82, 2.24) is 10.6 Å². The van der Waals surface area contributed by atoms with Crippen molar-refractivity contribution in [3.05, 3.63) is 58.7 Å². The summed E-state index contributed by atoms with van der Waals surface area (Å²) in [6.45, 7) is 2.41. The first-order valence-corrected chi connectivity index (χ1v) is 9.47. The van der Waals surface area contributed by atoms with Gasteiger partial charge in [-0.3, -0.25) is 0 Å². The van der Waals surface area contributed by atoms with Crippen molar-refractivity contribution >= 4 is 6.03 Å². The van der Waals surface area contributed by atoms with Gasteiger partial charge < -0.3 is 20.1 Å². The van der Waals surface area contributed by atoms with Crippen LogP contribution in [0.25, 0.3) is 0 Å². The molecule has 0 fully saturated rings. The Balaban J connectivity index is 1.57. The van der Waals surface area contributed by atoms with E-state index in [9.17, 15) is 4.79 Å². The summed E-state index contributed by atoms with van der Waals surface area (Å²) in [5, 5.41) is 5.92. The van der Waals surface area contributed by atoms with Gasteiger partial charge in [0.15, 0.2) is 0 Å². The van der Waals surface area contributed by atoms with Crippen molar-refractivity contribution in [2.45, 2.75) is 45.2 Å². The van der Waals surface area contributed by atoms with E-state index in [0.717, 1.165) is 17.5 Å². The molecule has 1 aliphatic rings. The van der Waals surface area contributed by atoms with Gasteiger partial charge in [0.05, 0.1) is 20.3 Å². The number of amides is 2. The van der Waals surface area contributed by atoms with Gasteiger partial charge in [-0.05, 0) is 67.0 Å². The van der Waals surface area contributed by atoms with Gasteiger partial charge in [0.2, 0.25) is 0 Å². The number of hydrogen-bond acceptors (Lipinski definition) is 3. The third-order valence-electron chi connectivity index (χ3n) is 5.08. The summed E-state index contributed by atoms with van der Waals surface area (Å²) >= 11 is 0. The summed E-state index contributed by atoms with van der Waals surface area (Å²) in [5.74, 6) is 1.41. The zero-order chi connectivity index (χ0) is 19.2. The highest BCUT2D eigenvalue weighted by molar-refractivity contribution is 5.74. The van der Waals surface area contributed by atoms with Gasteiger partial charge in [-0.15, -0.1) is 0 Å². The number of urea groups is 1. The van der Waals surface area contributed by atoms with Gasteiger partial charge in [0.25, 0.3) is 0 Å². The Morgan fingerprint density at radius 2 is 1.67 bits per heavy atom. The predicted molar refractivity (Wildman–Crippen MR) is 106 cm³/mol. The minimum atomic E-state index is -0.193. The molecule has 0 aromatic heterocycles. The van der Waals surface area contributed by atoms with Crippen LogP contribution >= 0.6 is 0 Å².